The van der Waals surface area contributed by atoms with Gasteiger partial charge in [0.1, 0.15) is 6.04 Å². The number of nitrogens with two attached hydrogens (primary N) is 2. The fraction of sp³-hybridized carbons (Fsp3) is 0.733. The number of amides is 4. The van der Waals surface area contributed by atoms with E-state index < -0.39 is 30.5 Å². The number of aliphatic hydroxyl groups excluding tert-OH is 1. The van der Waals surface area contributed by atoms with E-state index in [-0.39, 0.29) is 36.6 Å². The summed E-state index contributed by atoms with van der Waals surface area (Å²) in [5.41, 5.74) is 11.5. The van der Waals surface area contributed by atoms with Crippen molar-refractivity contribution in [3.8, 4) is 0 Å². The maximum absolute atomic E-state index is 13.3. The molecule has 11 nitrogen and oxygen atoms in total. The van der Waals surface area contributed by atoms with Crippen LogP contribution in [0.3, 0.4) is 0 Å². The second-order valence-electron chi connectivity index (χ2n) is 10.1. The SMILES string of the molecule is CC/C=C\CCC(=O)NCCCCN(CCCNC(=O)CC/C=C\CC)C(=O)[C@H](CO)NC(=O)[C@H](N)CCCCN.Cl.Cl. The molecular formula is C30H58Cl2N6O5. The molecule has 43 heavy (non-hydrogen) atoms. The molecule has 0 aromatic rings. The van der Waals surface area contributed by atoms with Gasteiger partial charge in [-0.2, -0.15) is 0 Å². The number of nitrogens with zero attached hydrogens (tertiary/aromatic N) is 1. The van der Waals surface area contributed by atoms with E-state index in [4.69, 9.17) is 11.5 Å². The number of hydrogen-bond acceptors (Lipinski definition) is 7. The molecule has 0 saturated carbocycles. The predicted molar refractivity (Wildman–Crippen MR) is 178 cm³/mol. The average Bonchev–Trinajstić information content (AvgIpc) is 2.96. The van der Waals surface area contributed by atoms with Gasteiger partial charge in [-0.25, -0.2) is 0 Å². The van der Waals surface area contributed by atoms with Gasteiger partial charge in [0.15, 0.2) is 0 Å². The van der Waals surface area contributed by atoms with E-state index in [9.17, 15) is 24.3 Å². The Morgan fingerprint density at radius 3 is 1.84 bits per heavy atom. The highest BCUT2D eigenvalue weighted by molar-refractivity contribution is 5.89. The zero-order chi connectivity index (χ0) is 30.7. The zero-order valence-electron chi connectivity index (χ0n) is 26.2. The number of hydrogen-bond donors (Lipinski definition) is 6. The zero-order valence-corrected chi connectivity index (χ0v) is 27.8. The van der Waals surface area contributed by atoms with Crippen molar-refractivity contribution in [3.05, 3.63) is 24.3 Å². The first-order valence-corrected chi connectivity index (χ1v) is 15.3. The Balaban J connectivity index is -0.00000800. The molecule has 0 spiro atoms. The quantitative estimate of drug-likeness (QED) is 0.0647. The summed E-state index contributed by atoms with van der Waals surface area (Å²) in [6.45, 7) is 5.68. The first-order chi connectivity index (χ1) is 19.8. The first-order valence-electron chi connectivity index (χ1n) is 15.3. The van der Waals surface area contributed by atoms with Crippen LogP contribution >= 0.6 is 24.8 Å². The van der Waals surface area contributed by atoms with Gasteiger partial charge in [-0.05, 0) is 64.3 Å². The molecule has 4 amide bonds. The molecular weight excluding hydrogens is 595 g/mol. The third kappa shape index (κ3) is 24.9. The largest absolute Gasteiger partial charge is 0.394 e. The molecule has 0 radical (unpaired) electrons. The smallest absolute Gasteiger partial charge is 0.247 e. The van der Waals surface area contributed by atoms with Gasteiger partial charge in [0.2, 0.25) is 23.6 Å². The van der Waals surface area contributed by atoms with Crippen LogP contribution in [0.15, 0.2) is 24.3 Å². The normalized spacial score (nSPS) is 12.2. The Morgan fingerprint density at radius 2 is 1.33 bits per heavy atom. The van der Waals surface area contributed by atoms with Crippen molar-refractivity contribution in [2.45, 2.75) is 103 Å². The summed E-state index contributed by atoms with van der Waals surface area (Å²) >= 11 is 0. The number of nitrogens with one attached hydrogen (secondary N) is 3. The number of carbonyl (C=O) groups excluding carboxylic acids is 4. The van der Waals surface area contributed by atoms with E-state index in [2.05, 4.69) is 16.0 Å². The summed E-state index contributed by atoms with van der Waals surface area (Å²) in [5, 5.41) is 18.3. The Hall–Kier alpha value is -2.18. The molecule has 0 aliphatic heterocycles. The van der Waals surface area contributed by atoms with Crippen molar-refractivity contribution in [2.24, 2.45) is 11.5 Å². The van der Waals surface area contributed by atoms with Gasteiger partial charge in [0.25, 0.3) is 0 Å². The summed E-state index contributed by atoms with van der Waals surface area (Å²) in [6.07, 6.45) is 15.9. The van der Waals surface area contributed by atoms with Crippen molar-refractivity contribution < 1.29 is 24.3 Å². The van der Waals surface area contributed by atoms with Crippen molar-refractivity contribution >= 4 is 48.4 Å². The minimum Gasteiger partial charge on any atom is -0.394 e. The lowest BCUT2D eigenvalue weighted by Gasteiger charge is -2.28. The van der Waals surface area contributed by atoms with Gasteiger partial charge < -0.3 is 37.4 Å². The van der Waals surface area contributed by atoms with E-state index >= 15 is 0 Å². The second kappa shape index (κ2) is 31.3. The van der Waals surface area contributed by atoms with Crippen LogP contribution in [0.2, 0.25) is 0 Å². The molecule has 2 atom stereocenters. The third-order valence-corrected chi connectivity index (χ3v) is 6.40. The minimum absolute atomic E-state index is 0. The number of rotatable bonds is 25. The standard InChI is InChI=1S/C30H56N6O5.2ClH/c1-3-5-7-9-17-27(38)33-20-13-14-22-36(23-15-21-34-28(39)18-10-8-6-4-2)30(41)26(24-37)35-29(40)25(32)16-11-12-19-31;;/h5-8,25-26,37H,3-4,9-24,31-32H2,1-2H3,(H,33,38)(H,34,39)(H,35,40);2*1H/b7-5-,8-6-;;/t25-,26+;;/m1../s1. The Morgan fingerprint density at radius 1 is 0.791 bits per heavy atom. The summed E-state index contributed by atoms with van der Waals surface area (Å²) < 4.78 is 0. The van der Waals surface area contributed by atoms with E-state index in [1.807, 2.05) is 38.2 Å². The molecule has 0 aliphatic rings. The molecule has 0 aromatic carbocycles. The lowest BCUT2D eigenvalue weighted by atomic mass is 10.1. The maximum atomic E-state index is 13.3. The van der Waals surface area contributed by atoms with Gasteiger partial charge in [0, 0.05) is 39.0 Å². The van der Waals surface area contributed by atoms with Gasteiger partial charge in [-0.1, -0.05) is 44.6 Å². The highest BCUT2D eigenvalue weighted by Crippen LogP contribution is 2.04. The molecule has 0 rings (SSSR count). The van der Waals surface area contributed by atoms with Crippen LogP contribution in [0.4, 0.5) is 0 Å². The van der Waals surface area contributed by atoms with Crippen LogP contribution in [-0.4, -0.2) is 85.0 Å². The highest BCUT2D eigenvalue weighted by atomic mass is 35.5. The predicted octanol–water partition coefficient (Wildman–Crippen LogP) is 2.49. The first kappa shape index (κ1) is 45.3. The van der Waals surface area contributed by atoms with E-state index in [0.717, 1.165) is 19.3 Å². The lowest BCUT2D eigenvalue weighted by molar-refractivity contribution is -0.138. The number of unbranched alkanes of at least 4 members (excludes halogenated alkanes) is 2. The van der Waals surface area contributed by atoms with Gasteiger partial charge in [0.05, 0.1) is 12.6 Å². The van der Waals surface area contributed by atoms with E-state index in [1.165, 1.54) is 0 Å². The van der Waals surface area contributed by atoms with Crippen molar-refractivity contribution in [1.82, 2.24) is 20.9 Å². The molecule has 0 aromatic heterocycles. The van der Waals surface area contributed by atoms with Crippen LogP contribution in [0, 0.1) is 0 Å². The number of allylic oxidation sites excluding steroid dienone is 4. The van der Waals surface area contributed by atoms with E-state index in [0.29, 0.717) is 90.5 Å². The van der Waals surface area contributed by atoms with Gasteiger partial charge in [-0.15, -0.1) is 24.8 Å². The van der Waals surface area contributed by atoms with Gasteiger partial charge >= 0.3 is 0 Å². The highest BCUT2D eigenvalue weighted by Gasteiger charge is 2.27. The molecule has 0 aliphatic carbocycles. The Labute approximate surface area is 271 Å². The minimum atomic E-state index is -1.11. The average molecular weight is 654 g/mol. The molecule has 0 bridgehead atoms. The molecule has 252 valence electrons. The van der Waals surface area contributed by atoms with Crippen molar-refractivity contribution in [2.75, 3.05) is 39.3 Å². The maximum Gasteiger partial charge on any atom is 0.247 e. The van der Waals surface area contributed by atoms with Crippen LogP contribution in [0.5, 0.6) is 0 Å². The monoisotopic (exact) mass is 652 g/mol. The molecule has 0 unspecified atom stereocenters. The molecule has 0 saturated heterocycles. The Bertz CT molecular complexity index is 801. The topological polar surface area (TPSA) is 180 Å². The fourth-order valence-electron chi connectivity index (χ4n) is 3.98. The van der Waals surface area contributed by atoms with Crippen LogP contribution < -0.4 is 27.4 Å². The molecule has 13 heteroatoms. The van der Waals surface area contributed by atoms with Crippen LogP contribution in [0.1, 0.15) is 90.9 Å². The summed E-state index contributed by atoms with van der Waals surface area (Å²) in [4.78, 5) is 51.4. The number of aliphatic hydroxyl groups is 1. The van der Waals surface area contributed by atoms with E-state index in [1.54, 1.807) is 4.90 Å². The van der Waals surface area contributed by atoms with Crippen molar-refractivity contribution in [1.29, 1.82) is 0 Å². The number of carbonyl (C=O) groups is 4. The number of halogens is 2. The summed E-state index contributed by atoms with van der Waals surface area (Å²) in [7, 11) is 0. The lowest BCUT2D eigenvalue weighted by Crippen LogP contribution is -2.54. The summed E-state index contributed by atoms with van der Waals surface area (Å²) in [6, 6.07) is -1.90. The van der Waals surface area contributed by atoms with Gasteiger partial charge in [-0.3, -0.25) is 19.2 Å². The fourth-order valence-corrected chi connectivity index (χ4v) is 3.98. The molecule has 0 fully saturated rings. The van der Waals surface area contributed by atoms with Crippen LogP contribution in [0.25, 0.3) is 0 Å². The molecule has 0 heterocycles. The molecule has 8 N–H and O–H groups in total. The third-order valence-electron chi connectivity index (χ3n) is 6.40. The second-order valence-corrected chi connectivity index (χ2v) is 10.1. The summed E-state index contributed by atoms with van der Waals surface area (Å²) in [5.74, 6) is -0.952. The van der Waals surface area contributed by atoms with Crippen LogP contribution in [-0.2, 0) is 19.2 Å². The Kier molecular flexibility index (Phi) is 32.9. The van der Waals surface area contributed by atoms with Crippen molar-refractivity contribution in [3.63, 3.8) is 0 Å².